The maximum Gasteiger partial charge on any atom is 0.446 e. The summed E-state index contributed by atoms with van der Waals surface area (Å²) in [5.41, 5.74) is -4.58. The molecule has 8 heteroatoms. The van der Waals surface area contributed by atoms with Gasteiger partial charge in [-0.2, -0.15) is 18.4 Å². The van der Waals surface area contributed by atoms with Crippen molar-refractivity contribution in [2.45, 2.75) is 16.8 Å². The summed E-state index contributed by atoms with van der Waals surface area (Å²) in [4.78, 5) is 10.9. The van der Waals surface area contributed by atoms with Crippen LogP contribution in [-0.4, -0.2) is 18.6 Å². The van der Waals surface area contributed by atoms with Gasteiger partial charge in [-0.25, -0.2) is 0 Å². The van der Waals surface area contributed by atoms with Crippen molar-refractivity contribution in [3.05, 3.63) is 27.7 Å². The van der Waals surface area contributed by atoms with E-state index in [-0.39, 0.29) is 22.4 Å². The Morgan fingerprint density at radius 2 is 2.16 bits per heavy atom. The molecule has 0 unspecified atom stereocenters. The first kappa shape index (κ1) is 15.9. The van der Waals surface area contributed by atoms with Crippen LogP contribution in [0.2, 0.25) is 0 Å². The summed E-state index contributed by atoms with van der Waals surface area (Å²) in [5, 5.41) is 8.89. The second-order valence-electron chi connectivity index (χ2n) is 3.35. The fourth-order valence-corrected chi connectivity index (χ4v) is 2.54. The molecule has 19 heavy (non-hydrogen) atoms. The Morgan fingerprint density at radius 1 is 1.53 bits per heavy atom. The van der Waals surface area contributed by atoms with Crippen molar-refractivity contribution in [2.75, 3.05) is 7.11 Å². The van der Waals surface area contributed by atoms with Gasteiger partial charge in [0.2, 0.25) is 0 Å². The van der Waals surface area contributed by atoms with E-state index in [9.17, 15) is 18.0 Å². The number of thioether (sulfide) groups is 1. The van der Waals surface area contributed by atoms with Crippen LogP contribution >= 0.6 is 27.7 Å². The van der Waals surface area contributed by atoms with Crippen molar-refractivity contribution in [3.8, 4) is 6.07 Å². The molecule has 1 aromatic carbocycles. The van der Waals surface area contributed by atoms with Gasteiger partial charge in [0.15, 0.2) is 0 Å². The molecule has 0 bridgehead atoms. The van der Waals surface area contributed by atoms with E-state index in [4.69, 9.17) is 5.26 Å². The number of ether oxygens (including phenoxy) is 1. The number of carbonyl (C=O) groups is 1. The number of rotatable bonds is 3. The Hall–Kier alpha value is -1.20. The number of hydrogen-bond acceptors (Lipinski definition) is 4. The normalized spacial score (nSPS) is 10.9. The van der Waals surface area contributed by atoms with Gasteiger partial charge in [-0.1, -0.05) is 15.9 Å². The maximum absolute atomic E-state index is 12.5. The molecule has 0 aliphatic carbocycles. The van der Waals surface area contributed by atoms with Crippen molar-refractivity contribution in [3.63, 3.8) is 0 Å². The third-order valence-corrected chi connectivity index (χ3v) is 3.41. The molecule has 0 saturated carbocycles. The van der Waals surface area contributed by atoms with Crippen LogP contribution in [0.3, 0.4) is 0 Å². The topological polar surface area (TPSA) is 50.1 Å². The van der Waals surface area contributed by atoms with Crippen LogP contribution in [-0.2, 0) is 16.0 Å². The molecule has 0 spiro atoms. The minimum atomic E-state index is -4.54. The molecule has 0 saturated heterocycles. The van der Waals surface area contributed by atoms with Crippen molar-refractivity contribution in [1.82, 2.24) is 0 Å². The van der Waals surface area contributed by atoms with Gasteiger partial charge in [0.1, 0.15) is 6.07 Å². The summed E-state index contributed by atoms with van der Waals surface area (Å²) in [5.74, 6) is -0.675. The van der Waals surface area contributed by atoms with E-state index >= 15 is 0 Å². The number of carbonyl (C=O) groups excluding carboxylic acids is 1. The average Bonchev–Trinajstić information content (AvgIpc) is 2.30. The molecule has 0 amide bonds. The summed E-state index contributed by atoms with van der Waals surface area (Å²) >= 11 is 2.67. The van der Waals surface area contributed by atoms with E-state index in [0.29, 0.717) is 4.47 Å². The van der Waals surface area contributed by atoms with Gasteiger partial charge in [0.25, 0.3) is 0 Å². The Balaban J connectivity index is 3.30. The first-order chi connectivity index (χ1) is 8.76. The van der Waals surface area contributed by atoms with E-state index in [1.165, 1.54) is 12.1 Å². The molecule has 0 aliphatic heterocycles. The van der Waals surface area contributed by atoms with Gasteiger partial charge in [0.05, 0.1) is 19.1 Å². The third kappa shape index (κ3) is 4.76. The summed E-state index contributed by atoms with van der Waals surface area (Å²) < 4.78 is 42.3. The number of alkyl halides is 3. The molecule has 0 aliphatic rings. The number of halogens is 4. The fourth-order valence-electron chi connectivity index (χ4n) is 1.33. The van der Waals surface area contributed by atoms with Gasteiger partial charge < -0.3 is 4.74 Å². The highest BCUT2D eigenvalue weighted by Gasteiger charge is 2.32. The monoisotopic (exact) mass is 353 g/mol. The molecular weight excluding hydrogens is 347 g/mol. The second kappa shape index (κ2) is 6.30. The zero-order valence-corrected chi connectivity index (χ0v) is 11.9. The van der Waals surface area contributed by atoms with Crippen LogP contribution in [0.25, 0.3) is 0 Å². The Kier molecular flexibility index (Phi) is 5.26. The van der Waals surface area contributed by atoms with Gasteiger partial charge in [-0.05, 0) is 29.5 Å². The van der Waals surface area contributed by atoms with Crippen LogP contribution in [0.1, 0.15) is 11.1 Å². The maximum atomic E-state index is 12.5. The third-order valence-electron chi connectivity index (χ3n) is 2.03. The van der Waals surface area contributed by atoms with E-state index in [2.05, 4.69) is 20.7 Å². The Bertz CT molecular complexity index is 540. The molecule has 0 atom stereocenters. The van der Waals surface area contributed by atoms with Crippen molar-refractivity contribution >= 4 is 33.7 Å². The lowest BCUT2D eigenvalue weighted by atomic mass is 10.1. The number of nitriles is 1. The lowest BCUT2D eigenvalue weighted by Gasteiger charge is -2.12. The standard InChI is InChI=1S/C11H7BrF3NO2S/c1-18-9(17)4-6-2-8(12)3-7(5-16)10(6)19-11(13,14)15/h2-3H,4H2,1H3. The highest BCUT2D eigenvalue weighted by atomic mass is 79.9. The average molecular weight is 354 g/mol. The first-order valence-electron chi connectivity index (χ1n) is 4.82. The molecule has 0 fully saturated rings. The molecule has 0 radical (unpaired) electrons. The fraction of sp³-hybridized carbons (Fsp3) is 0.273. The van der Waals surface area contributed by atoms with Crippen molar-refractivity contribution in [2.24, 2.45) is 0 Å². The number of methoxy groups -OCH3 is 1. The molecule has 0 heterocycles. The number of nitrogens with zero attached hydrogens (tertiary/aromatic N) is 1. The number of benzene rings is 1. The van der Waals surface area contributed by atoms with E-state index in [1.807, 2.05) is 0 Å². The highest BCUT2D eigenvalue weighted by Crippen LogP contribution is 2.41. The zero-order chi connectivity index (χ0) is 14.6. The molecule has 0 aromatic heterocycles. The SMILES string of the molecule is COC(=O)Cc1cc(Br)cc(C#N)c1SC(F)(F)F. The minimum Gasteiger partial charge on any atom is -0.469 e. The van der Waals surface area contributed by atoms with Crippen LogP contribution in [0.15, 0.2) is 21.5 Å². The number of esters is 1. The van der Waals surface area contributed by atoms with Crippen molar-refractivity contribution in [1.29, 1.82) is 5.26 Å². The van der Waals surface area contributed by atoms with Crippen molar-refractivity contribution < 1.29 is 22.7 Å². The molecule has 0 N–H and O–H groups in total. The number of hydrogen-bond donors (Lipinski definition) is 0. The lowest BCUT2D eigenvalue weighted by Crippen LogP contribution is -2.09. The van der Waals surface area contributed by atoms with Gasteiger partial charge >= 0.3 is 11.5 Å². The van der Waals surface area contributed by atoms with E-state index in [1.54, 1.807) is 6.07 Å². The largest absolute Gasteiger partial charge is 0.469 e. The van der Waals surface area contributed by atoms with Gasteiger partial charge in [-0.3, -0.25) is 4.79 Å². The Labute approximate surface area is 119 Å². The van der Waals surface area contributed by atoms with Crippen LogP contribution < -0.4 is 0 Å². The van der Waals surface area contributed by atoms with E-state index < -0.39 is 23.2 Å². The lowest BCUT2D eigenvalue weighted by molar-refractivity contribution is -0.139. The molecular formula is C11H7BrF3NO2S. The predicted molar refractivity (Wildman–Crippen MR) is 66.5 cm³/mol. The van der Waals surface area contributed by atoms with E-state index in [0.717, 1.165) is 7.11 Å². The Morgan fingerprint density at radius 3 is 2.63 bits per heavy atom. The summed E-state index contributed by atoms with van der Waals surface area (Å²) in [6.07, 6.45) is -0.330. The molecule has 1 aromatic rings. The second-order valence-corrected chi connectivity index (χ2v) is 5.35. The van der Waals surface area contributed by atoms with Gasteiger partial charge in [0, 0.05) is 9.37 Å². The quantitative estimate of drug-likeness (QED) is 0.614. The molecule has 1 rings (SSSR count). The van der Waals surface area contributed by atoms with Crippen LogP contribution in [0.5, 0.6) is 0 Å². The first-order valence-corrected chi connectivity index (χ1v) is 6.43. The van der Waals surface area contributed by atoms with Gasteiger partial charge in [-0.15, -0.1) is 0 Å². The summed E-state index contributed by atoms with van der Waals surface area (Å²) in [6.45, 7) is 0. The van der Waals surface area contributed by atoms with Crippen LogP contribution in [0, 0.1) is 11.3 Å². The minimum absolute atomic E-state index is 0.0973. The molecule has 3 nitrogen and oxygen atoms in total. The summed E-state index contributed by atoms with van der Waals surface area (Å²) in [7, 11) is 1.14. The van der Waals surface area contributed by atoms with Crippen LogP contribution in [0.4, 0.5) is 13.2 Å². The smallest absolute Gasteiger partial charge is 0.446 e. The highest BCUT2D eigenvalue weighted by molar-refractivity contribution is 9.10. The summed E-state index contributed by atoms with van der Waals surface area (Å²) in [6, 6.07) is 4.33. The molecule has 102 valence electrons. The predicted octanol–water partition coefficient (Wildman–Crippen LogP) is 3.65. The zero-order valence-electron chi connectivity index (χ0n) is 9.55.